The van der Waals surface area contributed by atoms with Crippen molar-refractivity contribution in [2.24, 2.45) is 5.11 Å². The van der Waals surface area contributed by atoms with E-state index in [-0.39, 0.29) is 11.4 Å². The molecule has 2 heterocycles. The van der Waals surface area contributed by atoms with Gasteiger partial charge < -0.3 is 15.2 Å². The van der Waals surface area contributed by atoms with Crippen LogP contribution in [0.2, 0.25) is 0 Å². The van der Waals surface area contributed by atoms with Gasteiger partial charge in [-0.1, -0.05) is 90.1 Å². The minimum Gasteiger partial charge on any atom is -0.457 e. The van der Waals surface area contributed by atoms with Crippen LogP contribution in [-0.4, -0.2) is 0 Å². The van der Waals surface area contributed by atoms with Crippen LogP contribution in [0.3, 0.4) is 0 Å². The number of nitriles is 2. The molecular weight excluding hydrogens is 624 g/mol. The van der Waals surface area contributed by atoms with Gasteiger partial charge in [0.05, 0.1) is 25.3 Å². The molecule has 4 aromatic rings. The topological polar surface area (TPSA) is 150 Å². The number of nitrogens with zero attached hydrogens (tertiary/aromatic N) is 7. The van der Waals surface area contributed by atoms with Gasteiger partial charge >= 0.3 is 0 Å². The van der Waals surface area contributed by atoms with E-state index < -0.39 is 0 Å². The monoisotopic (exact) mass is 648 g/mol. The highest BCUT2D eigenvalue weighted by Gasteiger charge is 2.19. The lowest BCUT2D eigenvalue weighted by Gasteiger charge is -2.18. The van der Waals surface area contributed by atoms with Crippen molar-refractivity contribution in [3.63, 3.8) is 0 Å². The van der Waals surface area contributed by atoms with Crippen LogP contribution < -0.4 is 15.2 Å². The van der Waals surface area contributed by atoms with Gasteiger partial charge in [-0.25, -0.2) is 20.2 Å². The van der Waals surface area contributed by atoms with E-state index in [0.717, 1.165) is 22.3 Å². The van der Waals surface area contributed by atoms with Crippen LogP contribution in [0.4, 0.5) is 11.4 Å². The second-order valence-electron chi connectivity index (χ2n) is 10.4. The van der Waals surface area contributed by atoms with Crippen molar-refractivity contribution in [3.05, 3.63) is 200 Å². The van der Waals surface area contributed by atoms with E-state index >= 15 is 0 Å². The molecule has 0 unspecified atom stereocenters. The fraction of sp³-hybridized carbons (Fsp3) is 0. The minimum absolute atomic E-state index is 0.0189. The van der Waals surface area contributed by atoms with Crippen LogP contribution in [0, 0.1) is 35.8 Å². The molecule has 236 valence electrons. The van der Waals surface area contributed by atoms with E-state index in [1.54, 1.807) is 42.5 Å². The Hall–Kier alpha value is -8.01. The first-order valence-corrected chi connectivity index (χ1v) is 14.8. The van der Waals surface area contributed by atoms with Crippen molar-refractivity contribution < 1.29 is 9.47 Å². The first kappa shape index (κ1) is 33.4. The van der Waals surface area contributed by atoms with Crippen LogP contribution in [0.25, 0.3) is 43.4 Å². The Kier molecular flexibility index (Phi) is 10.7. The maximum atomic E-state index is 9.22. The number of nitrogen functional groups attached to an aromatic ring is 1. The highest BCUT2D eigenvalue weighted by Crippen LogP contribution is 2.37. The molecule has 4 aromatic carbocycles. The molecule has 6 rings (SSSR count). The Labute approximate surface area is 288 Å². The lowest BCUT2D eigenvalue weighted by Crippen LogP contribution is -2.03. The lowest BCUT2D eigenvalue weighted by molar-refractivity contribution is 0.439. The van der Waals surface area contributed by atoms with E-state index in [1.807, 2.05) is 103 Å². The molecule has 0 fully saturated rings. The van der Waals surface area contributed by atoms with Crippen molar-refractivity contribution in [1.29, 1.82) is 10.5 Å². The number of ether oxygens (including phenoxy) is 2. The van der Waals surface area contributed by atoms with Gasteiger partial charge in [-0.15, -0.1) is 0 Å². The highest BCUT2D eigenvalue weighted by atomic mass is 16.5. The van der Waals surface area contributed by atoms with Crippen molar-refractivity contribution >= 4 is 34.7 Å². The van der Waals surface area contributed by atoms with Crippen LogP contribution in [0.1, 0.15) is 22.3 Å². The second-order valence-corrected chi connectivity index (χ2v) is 10.4. The summed E-state index contributed by atoms with van der Waals surface area (Å²) in [5.74, 6) is 2.31. The Morgan fingerprint density at radius 1 is 0.660 bits per heavy atom. The maximum Gasteiger partial charge on any atom is 0.269 e. The third kappa shape index (κ3) is 8.03. The molecule has 0 saturated carbocycles. The largest absolute Gasteiger partial charge is 0.457 e. The van der Waals surface area contributed by atoms with E-state index in [1.165, 1.54) is 0 Å². The van der Waals surface area contributed by atoms with Gasteiger partial charge in [0.1, 0.15) is 23.0 Å². The molecule has 0 spiro atoms. The third-order valence-electron chi connectivity index (χ3n) is 7.20. The SMILES string of the molecule is [C-]#[N+]/C(C#N)=C1/C=C(/C=C/c2ccc(N)cc2)Oc2ccccc21.[C-]#[N+]/C(C#N)=C1/C=C(/C=C/c2ccc(N=[N+]=[N-])cc2)Oc2ccccc21. The molecule has 10 nitrogen and oxygen atoms in total. The number of fused-ring (bicyclic) bond motifs is 2. The predicted octanol–water partition coefficient (Wildman–Crippen LogP) is 10.2. The summed E-state index contributed by atoms with van der Waals surface area (Å²) in [7, 11) is 0. The molecule has 0 bridgehead atoms. The summed E-state index contributed by atoms with van der Waals surface area (Å²) in [6, 6.07) is 33.0. The minimum atomic E-state index is 0.0189. The van der Waals surface area contributed by atoms with Crippen LogP contribution >= 0.6 is 0 Å². The molecule has 2 aliphatic rings. The molecule has 50 heavy (non-hydrogen) atoms. The van der Waals surface area contributed by atoms with Gasteiger partial charge in [-0.05, 0) is 65.2 Å². The van der Waals surface area contributed by atoms with Gasteiger partial charge in [-0.2, -0.15) is 0 Å². The molecule has 0 saturated heterocycles. The molecule has 10 heteroatoms. The fourth-order valence-corrected chi connectivity index (χ4v) is 4.82. The number of allylic oxidation sites excluding steroid dienone is 8. The Morgan fingerprint density at radius 3 is 1.52 bits per heavy atom. The van der Waals surface area contributed by atoms with Crippen LogP contribution in [-0.2, 0) is 0 Å². The smallest absolute Gasteiger partial charge is 0.269 e. The standard InChI is InChI=1S/C20H11N5O.C20H13N3O/c1-23-19(13-21)18-12-16(26-20-5-3-2-4-17(18)20)11-8-14-6-9-15(10-7-14)24-25-22;1-23-19(13-21)18-12-16(24-20-5-3-2-4-17(18)20)11-8-14-6-9-15(22)10-7-14/h2-12H;2-12H,22H2/b2*11-8+,19-18-. The van der Waals surface area contributed by atoms with E-state index in [4.69, 9.17) is 33.9 Å². The number of rotatable bonds is 5. The quantitative estimate of drug-likeness (QED) is 0.0570. The maximum absolute atomic E-state index is 9.22. The molecule has 2 N–H and O–H groups in total. The second kappa shape index (κ2) is 16.0. The van der Waals surface area contributed by atoms with Crippen LogP contribution in [0.15, 0.2) is 149 Å². The number of hydrogen-bond acceptors (Lipinski definition) is 6. The predicted molar refractivity (Wildman–Crippen MR) is 193 cm³/mol. The lowest BCUT2D eigenvalue weighted by atomic mass is 9.99. The first-order valence-electron chi connectivity index (χ1n) is 14.8. The molecule has 0 aliphatic carbocycles. The first-order chi connectivity index (χ1) is 24.5. The molecule has 0 aromatic heterocycles. The zero-order valence-corrected chi connectivity index (χ0v) is 26.2. The average Bonchev–Trinajstić information content (AvgIpc) is 3.15. The number of nitrogens with two attached hydrogens (primary N) is 1. The number of azide groups is 1. The summed E-state index contributed by atoms with van der Waals surface area (Å²) < 4.78 is 11.7. The molecule has 0 atom stereocenters. The Balaban J connectivity index is 0.000000195. The molecule has 0 radical (unpaired) electrons. The average molecular weight is 649 g/mol. The van der Waals surface area contributed by atoms with Crippen LogP contribution in [0.5, 0.6) is 11.5 Å². The van der Waals surface area contributed by atoms with Crippen molar-refractivity contribution in [2.45, 2.75) is 0 Å². The zero-order valence-electron chi connectivity index (χ0n) is 26.2. The molecule has 2 aliphatic heterocycles. The van der Waals surface area contributed by atoms with Gasteiger partial charge in [0.15, 0.2) is 0 Å². The number of para-hydroxylation sites is 2. The van der Waals surface area contributed by atoms with Gasteiger partial charge in [0.25, 0.3) is 11.4 Å². The van der Waals surface area contributed by atoms with Gasteiger partial charge in [0.2, 0.25) is 0 Å². The summed E-state index contributed by atoms with van der Waals surface area (Å²) in [5.41, 5.74) is 19.9. The van der Waals surface area contributed by atoms with E-state index in [0.29, 0.717) is 45.5 Å². The molecule has 0 amide bonds. The van der Waals surface area contributed by atoms with E-state index in [2.05, 4.69) is 19.7 Å². The zero-order chi connectivity index (χ0) is 35.3. The number of anilines is 1. The molecular formula is C40H24N8O2. The van der Waals surface area contributed by atoms with Crippen molar-refractivity contribution in [3.8, 4) is 23.6 Å². The highest BCUT2D eigenvalue weighted by molar-refractivity contribution is 5.87. The Bertz CT molecular complexity index is 2330. The van der Waals surface area contributed by atoms with Gasteiger partial charge in [0, 0.05) is 38.6 Å². The third-order valence-corrected chi connectivity index (χ3v) is 7.20. The number of benzene rings is 4. The summed E-state index contributed by atoms with van der Waals surface area (Å²) in [6.07, 6.45) is 10.7. The van der Waals surface area contributed by atoms with Crippen molar-refractivity contribution in [2.75, 3.05) is 5.73 Å². The fourth-order valence-electron chi connectivity index (χ4n) is 4.82. The van der Waals surface area contributed by atoms with Crippen molar-refractivity contribution in [1.82, 2.24) is 0 Å². The summed E-state index contributed by atoms with van der Waals surface area (Å²) >= 11 is 0. The summed E-state index contributed by atoms with van der Waals surface area (Å²) in [4.78, 5) is 9.37. The normalized spacial score (nSPS) is 14.5. The number of hydrogen-bond donors (Lipinski definition) is 1. The summed E-state index contributed by atoms with van der Waals surface area (Å²) in [5, 5.41) is 22.0. The Morgan fingerprint density at radius 2 is 1.10 bits per heavy atom. The summed E-state index contributed by atoms with van der Waals surface area (Å²) in [6.45, 7) is 14.4. The van der Waals surface area contributed by atoms with E-state index in [9.17, 15) is 10.5 Å². The van der Waals surface area contributed by atoms with Gasteiger partial charge in [-0.3, -0.25) is 0 Å².